The highest BCUT2D eigenvalue weighted by atomic mass is 16.5. The lowest BCUT2D eigenvalue weighted by Gasteiger charge is -2.10. The number of ether oxygens (including phenoxy) is 2. The molecule has 0 aliphatic rings. The molecule has 0 saturated carbocycles. The van der Waals surface area contributed by atoms with Gasteiger partial charge in [0.1, 0.15) is 5.75 Å². The van der Waals surface area contributed by atoms with E-state index in [1.165, 1.54) is 0 Å². The Morgan fingerprint density at radius 1 is 1.39 bits per heavy atom. The zero-order chi connectivity index (χ0) is 13.2. The van der Waals surface area contributed by atoms with Gasteiger partial charge in [-0.3, -0.25) is 0 Å². The molecule has 0 aliphatic carbocycles. The largest absolute Gasteiger partial charge is 0.496 e. The van der Waals surface area contributed by atoms with E-state index in [4.69, 9.17) is 19.8 Å². The predicted octanol–water partition coefficient (Wildman–Crippen LogP) is 0.665. The van der Waals surface area contributed by atoms with Gasteiger partial charge in [0.2, 0.25) is 0 Å². The maximum Gasteiger partial charge on any atom is 0.123 e. The second kappa shape index (κ2) is 8.48. The summed E-state index contributed by atoms with van der Waals surface area (Å²) < 4.78 is 10.4. The van der Waals surface area contributed by atoms with Crippen LogP contribution in [0.15, 0.2) is 18.2 Å². The first-order valence-electron chi connectivity index (χ1n) is 5.78. The summed E-state index contributed by atoms with van der Waals surface area (Å²) in [6.45, 7) is 2.23. The van der Waals surface area contributed by atoms with Gasteiger partial charge in [0.25, 0.3) is 0 Å². The van der Waals surface area contributed by atoms with Gasteiger partial charge in [-0.25, -0.2) is 0 Å². The van der Waals surface area contributed by atoms with Gasteiger partial charge in [-0.05, 0) is 18.2 Å². The Balaban J connectivity index is 2.43. The molecule has 0 bridgehead atoms. The monoisotopic (exact) mass is 250 g/mol. The second-order valence-corrected chi connectivity index (χ2v) is 3.65. The number of rotatable bonds is 8. The zero-order valence-electron chi connectivity index (χ0n) is 10.5. The van der Waals surface area contributed by atoms with Crippen LogP contribution in [-0.4, -0.2) is 38.6 Å². The molecule has 0 saturated heterocycles. The summed E-state index contributed by atoms with van der Waals surface area (Å²) in [5.41, 5.74) is 1.56. The average Bonchev–Trinajstić information content (AvgIpc) is 2.42. The Kier molecular flexibility index (Phi) is 6.81. The highest BCUT2D eigenvalue weighted by Crippen LogP contribution is 2.19. The highest BCUT2D eigenvalue weighted by molar-refractivity contribution is 5.41. The number of benzene rings is 1. The number of hydrogen-bond acceptors (Lipinski definition) is 5. The van der Waals surface area contributed by atoms with Crippen LogP contribution in [0.4, 0.5) is 0 Å². The smallest absolute Gasteiger partial charge is 0.123 e. The first kappa shape index (κ1) is 14.5. The lowest BCUT2D eigenvalue weighted by molar-refractivity contribution is 0.0938. The van der Waals surface area contributed by atoms with E-state index in [1.807, 2.05) is 0 Å². The van der Waals surface area contributed by atoms with Crippen LogP contribution < -0.4 is 10.1 Å². The van der Waals surface area contributed by atoms with E-state index >= 15 is 0 Å². The van der Waals surface area contributed by atoms with E-state index in [-0.39, 0.29) is 6.61 Å². The Labute approximate surface area is 107 Å². The Morgan fingerprint density at radius 3 is 2.89 bits per heavy atom. The van der Waals surface area contributed by atoms with Crippen LogP contribution in [0, 0.1) is 11.3 Å². The quantitative estimate of drug-likeness (QED) is 0.663. The number of hydrogen-bond donors (Lipinski definition) is 2. The van der Waals surface area contributed by atoms with Gasteiger partial charge >= 0.3 is 0 Å². The molecule has 0 radical (unpaired) electrons. The van der Waals surface area contributed by atoms with E-state index in [0.29, 0.717) is 31.9 Å². The molecule has 98 valence electrons. The van der Waals surface area contributed by atoms with Crippen LogP contribution >= 0.6 is 0 Å². The van der Waals surface area contributed by atoms with Gasteiger partial charge < -0.3 is 19.9 Å². The summed E-state index contributed by atoms with van der Waals surface area (Å²) >= 11 is 0. The number of nitriles is 1. The van der Waals surface area contributed by atoms with Crippen molar-refractivity contribution in [3.05, 3.63) is 29.3 Å². The van der Waals surface area contributed by atoms with E-state index in [0.717, 1.165) is 11.3 Å². The van der Waals surface area contributed by atoms with Gasteiger partial charge in [0.05, 0.1) is 38.6 Å². The molecule has 1 rings (SSSR count). The summed E-state index contributed by atoms with van der Waals surface area (Å²) in [5, 5.41) is 20.6. The normalized spacial score (nSPS) is 10.1. The number of nitrogens with zero attached hydrogens (tertiary/aromatic N) is 1. The van der Waals surface area contributed by atoms with Gasteiger partial charge in [-0.2, -0.15) is 5.26 Å². The van der Waals surface area contributed by atoms with Crippen molar-refractivity contribution in [3.63, 3.8) is 0 Å². The minimum Gasteiger partial charge on any atom is -0.496 e. The molecule has 0 aliphatic heterocycles. The molecule has 0 amide bonds. The lowest BCUT2D eigenvalue weighted by atomic mass is 10.1. The molecule has 0 fully saturated rings. The van der Waals surface area contributed by atoms with Crippen molar-refractivity contribution in [1.29, 1.82) is 5.26 Å². The summed E-state index contributed by atoms with van der Waals surface area (Å²) in [6.07, 6.45) is 0. The van der Waals surface area contributed by atoms with Crippen LogP contribution in [0.2, 0.25) is 0 Å². The van der Waals surface area contributed by atoms with E-state index in [9.17, 15) is 0 Å². The van der Waals surface area contributed by atoms with Crippen molar-refractivity contribution in [2.45, 2.75) is 6.54 Å². The molecule has 2 N–H and O–H groups in total. The van der Waals surface area contributed by atoms with Crippen LogP contribution in [0.1, 0.15) is 11.1 Å². The number of aliphatic hydroxyl groups is 1. The van der Waals surface area contributed by atoms with Crippen molar-refractivity contribution in [1.82, 2.24) is 5.32 Å². The van der Waals surface area contributed by atoms with Crippen molar-refractivity contribution < 1.29 is 14.6 Å². The summed E-state index contributed by atoms with van der Waals surface area (Å²) in [4.78, 5) is 0. The number of nitrogens with one attached hydrogen (secondary N) is 1. The van der Waals surface area contributed by atoms with Gasteiger partial charge in [0.15, 0.2) is 0 Å². The number of methoxy groups -OCH3 is 1. The van der Waals surface area contributed by atoms with Gasteiger partial charge in [0, 0.05) is 18.7 Å². The molecule has 5 heteroatoms. The number of aliphatic hydroxyl groups excluding tert-OH is 1. The fourth-order valence-corrected chi connectivity index (χ4v) is 1.52. The van der Waals surface area contributed by atoms with Crippen LogP contribution in [0.5, 0.6) is 5.75 Å². The molecule has 0 heterocycles. The molecular weight excluding hydrogens is 232 g/mol. The van der Waals surface area contributed by atoms with Crippen molar-refractivity contribution in [3.8, 4) is 11.8 Å². The van der Waals surface area contributed by atoms with Crippen LogP contribution in [0.3, 0.4) is 0 Å². The molecule has 0 spiro atoms. The third kappa shape index (κ3) is 4.72. The molecular formula is C13H18N2O3. The standard InChI is InChI=1S/C13H18N2O3/c1-17-13-3-2-11(9-14)8-12(13)10-15-4-6-18-7-5-16/h2-3,8,15-16H,4-7,10H2,1H3. The SMILES string of the molecule is COc1ccc(C#N)cc1CNCCOCCO. The van der Waals surface area contributed by atoms with Crippen LogP contribution in [0.25, 0.3) is 0 Å². The van der Waals surface area contributed by atoms with E-state index in [2.05, 4.69) is 11.4 Å². The fraction of sp³-hybridized carbons (Fsp3) is 0.462. The maximum atomic E-state index is 8.84. The molecule has 18 heavy (non-hydrogen) atoms. The fourth-order valence-electron chi connectivity index (χ4n) is 1.52. The Morgan fingerprint density at radius 2 is 2.22 bits per heavy atom. The molecule has 0 unspecified atom stereocenters. The van der Waals surface area contributed by atoms with Crippen molar-refractivity contribution in [2.24, 2.45) is 0 Å². The lowest BCUT2D eigenvalue weighted by Crippen LogP contribution is -2.20. The topological polar surface area (TPSA) is 74.5 Å². The molecule has 0 aromatic heterocycles. The Bertz CT molecular complexity index is 402. The molecule has 5 nitrogen and oxygen atoms in total. The van der Waals surface area contributed by atoms with E-state index in [1.54, 1.807) is 25.3 Å². The predicted molar refractivity (Wildman–Crippen MR) is 67.3 cm³/mol. The summed E-state index contributed by atoms with van der Waals surface area (Å²) in [6, 6.07) is 7.43. The minimum absolute atomic E-state index is 0.0397. The highest BCUT2D eigenvalue weighted by Gasteiger charge is 2.03. The molecule has 1 aromatic rings. The third-order valence-electron chi connectivity index (χ3n) is 2.38. The summed E-state index contributed by atoms with van der Waals surface area (Å²) in [7, 11) is 1.61. The first-order valence-corrected chi connectivity index (χ1v) is 5.78. The summed E-state index contributed by atoms with van der Waals surface area (Å²) in [5.74, 6) is 0.762. The zero-order valence-corrected chi connectivity index (χ0v) is 10.5. The second-order valence-electron chi connectivity index (χ2n) is 3.65. The Hall–Kier alpha value is -1.61. The van der Waals surface area contributed by atoms with Gasteiger partial charge in [-0.1, -0.05) is 0 Å². The maximum absolute atomic E-state index is 8.84. The van der Waals surface area contributed by atoms with Gasteiger partial charge in [-0.15, -0.1) is 0 Å². The average molecular weight is 250 g/mol. The third-order valence-corrected chi connectivity index (χ3v) is 2.38. The molecule has 0 atom stereocenters. The molecule has 1 aromatic carbocycles. The van der Waals surface area contributed by atoms with Crippen LogP contribution in [-0.2, 0) is 11.3 Å². The minimum atomic E-state index is 0.0397. The van der Waals surface area contributed by atoms with E-state index < -0.39 is 0 Å². The van der Waals surface area contributed by atoms with Crippen molar-refractivity contribution in [2.75, 3.05) is 33.5 Å². The van der Waals surface area contributed by atoms with Crippen molar-refractivity contribution >= 4 is 0 Å². The first-order chi connectivity index (χ1) is 8.81.